The molecule has 1 aliphatic rings. The molecule has 0 spiro atoms. The molecule has 1 atom stereocenters. The summed E-state index contributed by atoms with van der Waals surface area (Å²) < 4.78 is 20.9. The number of amides is 1. The molecule has 1 heterocycles. The number of imidazole rings is 1. The summed E-state index contributed by atoms with van der Waals surface area (Å²) in [7, 11) is 0. The highest BCUT2D eigenvalue weighted by Gasteiger charge is 2.37. The fraction of sp³-hybridized carbons (Fsp3) is 0.593. The average Bonchev–Trinajstić information content (AvgIpc) is 3.32. The lowest BCUT2D eigenvalue weighted by atomic mass is 9.87. The standard InChI is InChI=1S/C27H41FN6O3S/c1-18(2)37-24(9-10-25(35)32-21-15-22(16-21)33-36)23(8-7-19(3)17-28)27(5,38-6)26-31-12-14-34(26)13-11-30-20(4)29/h7,11-14,18,21-22H,8-10,15-17H2,1-6H3,(H2,29,30)(H,32,35)/b13-11-,19-7+,24-23-. The smallest absolute Gasteiger partial charge is 0.220 e. The summed E-state index contributed by atoms with van der Waals surface area (Å²) in [5.74, 6) is 1.76. The number of nitrogens with two attached hydrogens (primary N) is 1. The fourth-order valence-electron chi connectivity index (χ4n) is 4.16. The minimum Gasteiger partial charge on any atom is -0.495 e. The normalized spacial score (nSPS) is 20.6. The van der Waals surface area contributed by atoms with E-state index < -0.39 is 11.4 Å². The number of aliphatic imine (C=N–C) groups is 1. The van der Waals surface area contributed by atoms with E-state index in [4.69, 9.17) is 10.5 Å². The molecule has 1 amide bonds. The Hall–Kier alpha value is -2.95. The van der Waals surface area contributed by atoms with E-state index in [0.717, 1.165) is 11.4 Å². The van der Waals surface area contributed by atoms with Crippen LogP contribution in [0.15, 0.2) is 51.7 Å². The van der Waals surface area contributed by atoms with Crippen molar-refractivity contribution < 1.29 is 13.9 Å². The van der Waals surface area contributed by atoms with Crippen molar-refractivity contribution in [3.05, 3.63) is 52.3 Å². The predicted molar refractivity (Wildman–Crippen MR) is 153 cm³/mol. The van der Waals surface area contributed by atoms with E-state index in [1.165, 1.54) is 0 Å². The van der Waals surface area contributed by atoms with Crippen LogP contribution in [0, 0.1) is 4.91 Å². The lowest BCUT2D eigenvalue weighted by Gasteiger charge is -2.33. The van der Waals surface area contributed by atoms with Gasteiger partial charge in [-0.1, -0.05) is 11.3 Å². The minimum atomic E-state index is -0.667. The molecule has 11 heteroatoms. The summed E-state index contributed by atoms with van der Waals surface area (Å²) in [5, 5.41) is 6.01. The van der Waals surface area contributed by atoms with E-state index in [9.17, 15) is 14.1 Å². The Bertz CT molecular complexity index is 1070. The summed E-state index contributed by atoms with van der Waals surface area (Å²) in [6.07, 6.45) is 12.8. The van der Waals surface area contributed by atoms with Crippen molar-refractivity contribution in [3.8, 4) is 0 Å². The zero-order chi connectivity index (χ0) is 28.3. The molecule has 1 saturated carbocycles. The number of thioether (sulfide) groups is 1. The summed E-state index contributed by atoms with van der Waals surface area (Å²) in [6.45, 7) is 8.85. The molecule has 3 N–H and O–H groups in total. The summed E-state index contributed by atoms with van der Waals surface area (Å²) >= 11 is 1.59. The van der Waals surface area contributed by atoms with Crippen LogP contribution in [0.25, 0.3) is 6.20 Å². The van der Waals surface area contributed by atoms with Gasteiger partial charge in [-0.25, -0.2) is 14.4 Å². The molecular formula is C27H41FN6O3S. The lowest BCUT2D eigenvalue weighted by molar-refractivity contribution is -0.122. The average molecular weight is 549 g/mol. The van der Waals surface area contributed by atoms with Gasteiger partial charge in [-0.15, -0.1) is 11.8 Å². The Kier molecular flexibility index (Phi) is 12.2. The number of hydrogen-bond donors (Lipinski definition) is 2. The van der Waals surface area contributed by atoms with Crippen LogP contribution in [-0.2, 0) is 14.3 Å². The van der Waals surface area contributed by atoms with Crippen LogP contribution in [0.3, 0.4) is 0 Å². The number of aromatic nitrogens is 2. The highest BCUT2D eigenvalue weighted by atomic mass is 32.2. The van der Waals surface area contributed by atoms with Crippen molar-refractivity contribution in [2.24, 2.45) is 15.9 Å². The lowest BCUT2D eigenvalue weighted by Crippen LogP contribution is -2.46. The summed E-state index contributed by atoms with van der Waals surface area (Å²) in [4.78, 5) is 32.2. The maximum absolute atomic E-state index is 13.4. The first-order valence-electron chi connectivity index (χ1n) is 12.8. The predicted octanol–water partition coefficient (Wildman–Crippen LogP) is 5.45. The third kappa shape index (κ3) is 8.82. The molecule has 0 aliphatic heterocycles. The molecule has 2 rings (SSSR count). The van der Waals surface area contributed by atoms with Crippen molar-refractivity contribution in [1.82, 2.24) is 14.9 Å². The highest BCUT2D eigenvalue weighted by Crippen LogP contribution is 2.45. The number of carbonyl (C=O) groups is 1. The van der Waals surface area contributed by atoms with Crippen LogP contribution in [0.5, 0.6) is 0 Å². The molecule has 1 aromatic rings. The van der Waals surface area contributed by atoms with Gasteiger partial charge in [0.25, 0.3) is 0 Å². The molecule has 0 aromatic carbocycles. The molecule has 0 saturated heterocycles. The van der Waals surface area contributed by atoms with Gasteiger partial charge >= 0.3 is 0 Å². The Labute approximate surface area is 229 Å². The number of alkyl halides is 1. The van der Waals surface area contributed by atoms with Gasteiger partial charge in [0.2, 0.25) is 5.91 Å². The maximum Gasteiger partial charge on any atom is 0.220 e. The second-order valence-corrected chi connectivity index (χ2v) is 11.1. The number of rotatable bonds is 15. The zero-order valence-electron chi connectivity index (χ0n) is 23.2. The summed E-state index contributed by atoms with van der Waals surface area (Å²) in [6, 6.07) is -0.231. The van der Waals surface area contributed by atoms with Crippen molar-refractivity contribution in [3.63, 3.8) is 0 Å². The molecule has 0 radical (unpaired) electrons. The van der Waals surface area contributed by atoms with Crippen LogP contribution >= 0.6 is 11.8 Å². The number of hydrogen-bond acceptors (Lipinski definition) is 7. The Balaban J connectivity index is 2.48. The molecule has 210 valence electrons. The second kappa shape index (κ2) is 14.8. The van der Waals surface area contributed by atoms with Gasteiger partial charge < -0.3 is 20.4 Å². The zero-order valence-corrected chi connectivity index (χ0v) is 24.1. The molecule has 0 bridgehead atoms. The van der Waals surface area contributed by atoms with Crippen molar-refractivity contribution in [2.75, 3.05) is 12.9 Å². The van der Waals surface area contributed by atoms with Gasteiger partial charge in [0.05, 0.1) is 28.5 Å². The Morgan fingerprint density at radius 1 is 1.39 bits per heavy atom. The fourth-order valence-corrected chi connectivity index (χ4v) is 4.95. The minimum absolute atomic E-state index is 0.0196. The van der Waals surface area contributed by atoms with Crippen LogP contribution in [0.2, 0.25) is 0 Å². The molecule has 9 nitrogen and oxygen atoms in total. The first-order chi connectivity index (χ1) is 18.0. The van der Waals surface area contributed by atoms with E-state index in [-0.39, 0.29) is 30.5 Å². The number of halogens is 1. The van der Waals surface area contributed by atoms with Gasteiger partial charge in [0.1, 0.15) is 12.5 Å². The molecule has 1 aromatic heterocycles. The van der Waals surface area contributed by atoms with Gasteiger partial charge in [-0.2, -0.15) is 4.91 Å². The first-order valence-corrected chi connectivity index (χ1v) is 14.0. The molecule has 1 fully saturated rings. The number of nitroso groups, excluding NO2 is 1. The van der Waals surface area contributed by atoms with Gasteiger partial charge in [0.15, 0.2) is 0 Å². The van der Waals surface area contributed by atoms with E-state index in [0.29, 0.717) is 42.9 Å². The van der Waals surface area contributed by atoms with Crippen LogP contribution in [0.1, 0.15) is 72.5 Å². The largest absolute Gasteiger partial charge is 0.495 e. The maximum atomic E-state index is 13.4. The van der Waals surface area contributed by atoms with E-state index in [1.54, 1.807) is 44.2 Å². The third-order valence-electron chi connectivity index (χ3n) is 6.37. The van der Waals surface area contributed by atoms with Crippen molar-refractivity contribution >= 4 is 29.7 Å². The Morgan fingerprint density at radius 3 is 2.68 bits per heavy atom. The highest BCUT2D eigenvalue weighted by molar-refractivity contribution is 7.99. The SMILES string of the molecule is CSC(C)(/C(C/C=C(\C)CF)=C(/CCC(=O)NC1CC(N=O)C1)OC(C)C)c1nccn1/C=C\N=C(C)N. The van der Waals surface area contributed by atoms with Crippen LogP contribution < -0.4 is 11.1 Å². The number of carbonyl (C=O) groups excluding carboxylic acids is 1. The topological polar surface area (TPSA) is 124 Å². The van der Waals surface area contributed by atoms with Crippen molar-refractivity contribution in [1.29, 1.82) is 0 Å². The molecule has 38 heavy (non-hydrogen) atoms. The van der Waals surface area contributed by atoms with Gasteiger partial charge in [-0.3, -0.25) is 4.79 Å². The monoisotopic (exact) mass is 548 g/mol. The second-order valence-electron chi connectivity index (χ2n) is 9.92. The molecular weight excluding hydrogens is 507 g/mol. The third-order valence-corrected chi connectivity index (χ3v) is 7.62. The van der Waals surface area contributed by atoms with E-state index in [2.05, 4.69) is 27.4 Å². The van der Waals surface area contributed by atoms with Gasteiger partial charge in [0, 0.05) is 43.7 Å². The molecule has 1 unspecified atom stereocenters. The van der Waals surface area contributed by atoms with E-state index in [1.807, 2.05) is 36.9 Å². The van der Waals surface area contributed by atoms with E-state index >= 15 is 0 Å². The van der Waals surface area contributed by atoms with Gasteiger partial charge in [-0.05, 0) is 71.3 Å². The molecule has 1 aliphatic carbocycles. The van der Waals surface area contributed by atoms with Crippen LogP contribution in [0.4, 0.5) is 4.39 Å². The number of allylic oxidation sites excluding steroid dienone is 3. The summed E-state index contributed by atoms with van der Waals surface area (Å²) in [5.41, 5.74) is 7.20. The number of amidine groups is 1. The number of nitrogens with one attached hydrogen (secondary N) is 1. The number of nitrogens with zero attached hydrogens (tertiary/aromatic N) is 4. The van der Waals surface area contributed by atoms with Crippen LogP contribution in [-0.4, -0.2) is 52.4 Å². The number of ether oxygens (including phenoxy) is 1. The first kappa shape index (κ1) is 31.3. The Morgan fingerprint density at radius 2 is 2.11 bits per heavy atom. The quantitative estimate of drug-likeness (QED) is 0.0988. The van der Waals surface area contributed by atoms with Crippen molar-refractivity contribution in [2.45, 2.75) is 89.7 Å².